The Hall–Kier alpha value is -1.47. The molecule has 1 aromatic heterocycles. The van der Waals surface area contributed by atoms with Crippen LogP contribution in [0.4, 0.5) is 0 Å². The summed E-state index contributed by atoms with van der Waals surface area (Å²) in [5.41, 5.74) is 0.907. The van der Waals surface area contributed by atoms with E-state index in [2.05, 4.69) is 4.99 Å². The number of hydrogen-bond donors (Lipinski definition) is 0. The van der Waals surface area contributed by atoms with Crippen LogP contribution >= 0.6 is 11.3 Å². The van der Waals surface area contributed by atoms with Gasteiger partial charge >= 0.3 is 0 Å². The van der Waals surface area contributed by atoms with Crippen molar-refractivity contribution in [3.8, 4) is 0 Å². The maximum absolute atomic E-state index is 11.6. The van der Waals surface area contributed by atoms with Crippen LogP contribution in [0, 0.1) is 0 Å². The number of amides is 1. The van der Waals surface area contributed by atoms with Crippen molar-refractivity contribution in [2.24, 2.45) is 4.99 Å². The molecule has 108 valence electrons. The first kappa shape index (κ1) is 14.9. The van der Waals surface area contributed by atoms with Gasteiger partial charge in [-0.25, -0.2) is 8.42 Å². The normalized spacial score (nSPS) is 13.1. The number of benzene rings is 1. The third-order valence-electron chi connectivity index (χ3n) is 2.78. The van der Waals surface area contributed by atoms with Gasteiger partial charge in [-0.3, -0.25) is 4.79 Å². The predicted octanol–water partition coefficient (Wildman–Crippen LogP) is 1.96. The van der Waals surface area contributed by atoms with E-state index in [1.807, 2.05) is 11.5 Å². The van der Waals surface area contributed by atoms with Gasteiger partial charge in [0, 0.05) is 19.7 Å². The fourth-order valence-electron chi connectivity index (χ4n) is 1.94. The van der Waals surface area contributed by atoms with E-state index in [1.54, 1.807) is 18.2 Å². The molecule has 0 atom stereocenters. The zero-order valence-electron chi connectivity index (χ0n) is 11.6. The molecule has 2 aromatic rings. The molecule has 2 rings (SSSR count). The summed E-state index contributed by atoms with van der Waals surface area (Å²) in [6.07, 6.45) is 2.09. The second-order valence-electron chi connectivity index (χ2n) is 4.57. The molecule has 0 bridgehead atoms. The van der Waals surface area contributed by atoms with Crippen LogP contribution in [0.2, 0.25) is 0 Å². The molecule has 1 aromatic carbocycles. The van der Waals surface area contributed by atoms with Crippen molar-refractivity contribution in [2.45, 2.75) is 31.7 Å². The second-order valence-corrected chi connectivity index (χ2v) is 7.59. The van der Waals surface area contributed by atoms with E-state index >= 15 is 0 Å². The number of hydrogen-bond acceptors (Lipinski definition) is 4. The van der Waals surface area contributed by atoms with E-state index in [9.17, 15) is 13.2 Å². The highest BCUT2D eigenvalue weighted by molar-refractivity contribution is 7.90. The monoisotopic (exact) mass is 312 g/mol. The smallest absolute Gasteiger partial charge is 0.245 e. The Bertz CT molecular complexity index is 829. The van der Waals surface area contributed by atoms with Crippen LogP contribution in [0.5, 0.6) is 0 Å². The fraction of sp³-hybridized carbons (Fsp3) is 0.385. The zero-order valence-corrected chi connectivity index (χ0v) is 13.2. The fourth-order valence-corrected chi connectivity index (χ4v) is 3.81. The van der Waals surface area contributed by atoms with Crippen molar-refractivity contribution < 1.29 is 13.2 Å². The molecule has 7 heteroatoms. The summed E-state index contributed by atoms with van der Waals surface area (Å²) in [7, 11) is -3.23. The second kappa shape index (κ2) is 5.49. The van der Waals surface area contributed by atoms with Gasteiger partial charge in [0.25, 0.3) is 0 Å². The van der Waals surface area contributed by atoms with Gasteiger partial charge in [-0.15, -0.1) is 0 Å². The van der Waals surface area contributed by atoms with Crippen LogP contribution in [0.1, 0.15) is 20.3 Å². The van der Waals surface area contributed by atoms with E-state index in [-0.39, 0.29) is 10.8 Å². The third kappa shape index (κ3) is 2.99. The Morgan fingerprint density at radius 2 is 2.10 bits per heavy atom. The van der Waals surface area contributed by atoms with Crippen molar-refractivity contribution in [1.82, 2.24) is 4.57 Å². The number of carbonyl (C=O) groups excluding carboxylic acids is 1. The topological polar surface area (TPSA) is 68.5 Å². The summed E-state index contributed by atoms with van der Waals surface area (Å²) in [5, 5.41) is 0. The zero-order chi connectivity index (χ0) is 14.9. The SMILES string of the molecule is CCCn1c(=NC(C)=O)sc2cc(S(C)(=O)=O)ccc21. The Balaban J connectivity index is 2.77. The average molecular weight is 312 g/mol. The lowest BCUT2D eigenvalue weighted by Crippen LogP contribution is -2.15. The van der Waals surface area contributed by atoms with Crippen LogP contribution in [0.3, 0.4) is 0 Å². The maximum atomic E-state index is 11.6. The van der Waals surface area contributed by atoms with Gasteiger partial charge in [-0.1, -0.05) is 18.3 Å². The van der Waals surface area contributed by atoms with E-state index in [1.165, 1.54) is 24.5 Å². The first-order valence-corrected chi connectivity index (χ1v) is 8.92. The molecule has 0 saturated carbocycles. The summed E-state index contributed by atoms with van der Waals surface area (Å²) in [6, 6.07) is 5.01. The Kier molecular flexibility index (Phi) is 4.10. The number of fused-ring (bicyclic) bond motifs is 1. The van der Waals surface area contributed by atoms with Gasteiger partial charge in [0.1, 0.15) is 0 Å². The minimum absolute atomic E-state index is 0.259. The van der Waals surface area contributed by atoms with Gasteiger partial charge in [-0.2, -0.15) is 4.99 Å². The third-order valence-corrected chi connectivity index (χ3v) is 4.93. The average Bonchev–Trinajstić information content (AvgIpc) is 2.65. The molecule has 0 unspecified atom stereocenters. The molecule has 20 heavy (non-hydrogen) atoms. The first-order chi connectivity index (χ1) is 9.32. The molecule has 0 spiro atoms. The Morgan fingerprint density at radius 3 is 2.65 bits per heavy atom. The van der Waals surface area contributed by atoms with E-state index in [4.69, 9.17) is 0 Å². The maximum Gasteiger partial charge on any atom is 0.245 e. The first-order valence-electron chi connectivity index (χ1n) is 6.21. The van der Waals surface area contributed by atoms with E-state index in [0.29, 0.717) is 4.80 Å². The summed E-state index contributed by atoms with van der Waals surface area (Å²) >= 11 is 1.33. The number of carbonyl (C=O) groups is 1. The quantitative estimate of drug-likeness (QED) is 0.870. The molecule has 0 aliphatic heterocycles. The number of nitrogens with zero attached hydrogens (tertiary/aromatic N) is 2. The van der Waals surface area contributed by atoms with Crippen LogP contribution in [0.15, 0.2) is 28.1 Å². The van der Waals surface area contributed by atoms with Gasteiger partial charge in [0.05, 0.1) is 15.1 Å². The molecular formula is C13H16N2O3S2. The molecule has 0 fully saturated rings. The van der Waals surface area contributed by atoms with Crippen molar-refractivity contribution in [3.05, 3.63) is 23.0 Å². The lowest BCUT2D eigenvalue weighted by atomic mass is 10.3. The minimum atomic E-state index is -3.23. The molecule has 1 amide bonds. The molecule has 0 aliphatic carbocycles. The number of aromatic nitrogens is 1. The molecule has 0 N–H and O–H groups in total. The lowest BCUT2D eigenvalue weighted by Gasteiger charge is -2.03. The highest BCUT2D eigenvalue weighted by atomic mass is 32.2. The number of rotatable bonds is 3. The van der Waals surface area contributed by atoms with Crippen LogP contribution < -0.4 is 4.80 Å². The van der Waals surface area contributed by atoms with Gasteiger partial charge in [0.2, 0.25) is 5.91 Å². The van der Waals surface area contributed by atoms with Crippen LogP contribution in [-0.4, -0.2) is 25.1 Å². The van der Waals surface area contributed by atoms with Gasteiger partial charge in [-0.05, 0) is 24.6 Å². The molecule has 1 heterocycles. The lowest BCUT2D eigenvalue weighted by molar-refractivity contribution is -0.116. The molecular weight excluding hydrogens is 296 g/mol. The summed E-state index contributed by atoms with van der Waals surface area (Å²) < 4.78 is 26.0. The van der Waals surface area contributed by atoms with Crippen LogP contribution in [0.25, 0.3) is 10.2 Å². The molecule has 5 nitrogen and oxygen atoms in total. The van der Waals surface area contributed by atoms with Crippen molar-refractivity contribution in [3.63, 3.8) is 0 Å². The van der Waals surface area contributed by atoms with Crippen molar-refractivity contribution in [1.29, 1.82) is 0 Å². The highest BCUT2D eigenvalue weighted by Crippen LogP contribution is 2.22. The van der Waals surface area contributed by atoms with E-state index in [0.717, 1.165) is 23.2 Å². The van der Waals surface area contributed by atoms with E-state index < -0.39 is 9.84 Å². The molecule has 0 aliphatic rings. The number of sulfone groups is 1. The van der Waals surface area contributed by atoms with Crippen molar-refractivity contribution >= 4 is 37.3 Å². The Morgan fingerprint density at radius 1 is 1.40 bits per heavy atom. The largest absolute Gasteiger partial charge is 0.316 e. The van der Waals surface area contributed by atoms with Crippen molar-refractivity contribution in [2.75, 3.05) is 6.26 Å². The van der Waals surface area contributed by atoms with Gasteiger partial charge < -0.3 is 4.57 Å². The highest BCUT2D eigenvalue weighted by Gasteiger charge is 2.11. The number of aryl methyl sites for hydroxylation is 1. The number of thiazole rings is 1. The minimum Gasteiger partial charge on any atom is -0.316 e. The molecule has 0 radical (unpaired) electrons. The van der Waals surface area contributed by atoms with Crippen LogP contribution in [-0.2, 0) is 21.2 Å². The van der Waals surface area contributed by atoms with Gasteiger partial charge in [0.15, 0.2) is 14.6 Å². The summed E-state index contributed by atoms with van der Waals surface area (Å²) in [4.78, 5) is 16.1. The summed E-state index contributed by atoms with van der Waals surface area (Å²) in [6.45, 7) is 4.19. The summed E-state index contributed by atoms with van der Waals surface area (Å²) in [5.74, 6) is -0.259. The Labute approximate surface area is 121 Å². The molecule has 0 saturated heterocycles. The predicted molar refractivity (Wildman–Crippen MR) is 79.5 cm³/mol. The standard InChI is InChI=1S/C13H16N2O3S2/c1-4-7-15-11-6-5-10(20(3,17)18)8-12(11)19-13(15)14-9(2)16/h5-6,8H,4,7H2,1-3H3.